The minimum atomic E-state index is -4.53. The largest absolute Gasteiger partial charge is 0.480 e. The fourth-order valence-corrected chi connectivity index (χ4v) is 2.00. The van der Waals surface area contributed by atoms with Gasteiger partial charge in [-0.25, -0.2) is 4.79 Å². The molecule has 0 saturated carbocycles. The van der Waals surface area contributed by atoms with Gasteiger partial charge in [-0.15, -0.1) is 0 Å². The van der Waals surface area contributed by atoms with Crippen LogP contribution >= 0.6 is 15.9 Å². The average molecular weight is 396 g/mol. The number of carbonyl (C=O) groups excluding carboxylic acids is 1. The van der Waals surface area contributed by atoms with Crippen LogP contribution in [-0.4, -0.2) is 28.1 Å². The number of nitrogens with one attached hydrogen (secondary N) is 1. The molecular weight excluding hydrogens is 383 g/mol. The molecule has 0 heterocycles. The molecule has 0 aromatic heterocycles. The lowest BCUT2D eigenvalue weighted by Crippen LogP contribution is -2.43. The SMILES string of the molecule is C=C(Br)C[C@H](NC(=O)[C@@H](O)c1ccc(C(F)(F)F)cc1)C(=O)O. The molecule has 1 aromatic carbocycles. The minimum absolute atomic E-state index is 0.0858. The van der Waals surface area contributed by atoms with Crippen molar-refractivity contribution in [3.8, 4) is 0 Å². The molecule has 2 atom stereocenters. The molecule has 0 aliphatic carbocycles. The van der Waals surface area contributed by atoms with Gasteiger partial charge in [0.15, 0.2) is 6.10 Å². The second-order valence-electron chi connectivity index (χ2n) is 4.64. The van der Waals surface area contributed by atoms with Crippen LogP contribution in [0.15, 0.2) is 35.3 Å². The summed E-state index contributed by atoms with van der Waals surface area (Å²) in [6.45, 7) is 3.45. The Balaban J connectivity index is 2.83. The van der Waals surface area contributed by atoms with Crippen molar-refractivity contribution in [3.05, 3.63) is 46.5 Å². The van der Waals surface area contributed by atoms with E-state index < -0.39 is 35.8 Å². The first kappa shape index (κ1) is 19.2. The number of aliphatic hydroxyl groups excluding tert-OH is 1. The number of carboxylic acid groups (broad SMARTS) is 1. The number of aliphatic carboxylic acids is 1. The quantitative estimate of drug-likeness (QED) is 0.690. The number of aliphatic hydroxyl groups is 1. The summed E-state index contributed by atoms with van der Waals surface area (Å²) >= 11 is 2.96. The predicted octanol–water partition coefficient (Wildman–Crippen LogP) is 2.61. The third-order valence-electron chi connectivity index (χ3n) is 2.84. The first-order valence-electron chi connectivity index (χ1n) is 6.24. The lowest BCUT2D eigenvalue weighted by atomic mass is 10.1. The number of halogens is 4. The van der Waals surface area contributed by atoms with E-state index in [1.165, 1.54) is 0 Å². The number of carboxylic acids is 1. The van der Waals surface area contributed by atoms with Crippen LogP contribution in [0.4, 0.5) is 13.2 Å². The number of alkyl halides is 3. The molecule has 0 unspecified atom stereocenters. The molecule has 0 aliphatic rings. The second kappa shape index (κ2) is 7.60. The van der Waals surface area contributed by atoms with Crippen molar-refractivity contribution in [2.24, 2.45) is 0 Å². The zero-order valence-corrected chi connectivity index (χ0v) is 13.2. The summed E-state index contributed by atoms with van der Waals surface area (Å²) in [6, 6.07) is 2.03. The summed E-state index contributed by atoms with van der Waals surface area (Å²) < 4.78 is 37.7. The van der Waals surface area contributed by atoms with Crippen LogP contribution in [0.3, 0.4) is 0 Å². The molecule has 0 bridgehead atoms. The molecule has 1 aromatic rings. The smallest absolute Gasteiger partial charge is 0.416 e. The van der Waals surface area contributed by atoms with Crippen molar-refractivity contribution in [2.75, 3.05) is 0 Å². The van der Waals surface area contributed by atoms with Crippen molar-refractivity contribution in [1.82, 2.24) is 5.32 Å². The summed E-state index contributed by atoms with van der Waals surface area (Å²) in [7, 11) is 0. The van der Waals surface area contributed by atoms with E-state index in [1.54, 1.807) is 0 Å². The Bertz CT molecular complexity index is 601. The van der Waals surface area contributed by atoms with E-state index in [-0.39, 0.29) is 12.0 Å². The van der Waals surface area contributed by atoms with Gasteiger partial charge in [-0.3, -0.25) is 4.79 Å². The molecule has 0 spiro atoms. The van der Waals surface area contributed by atoms with Crippen LogP contribution in [0.2, 0.25) is 0 Å². The fourth-order valence-electron chi connectivity index (χ4n) is 1.68. The summed E-state index contributed by atoms with van der Waals surface area (Å²) in [4.78, 5) is 22.8. The van der Waals surface area contributed by atoms with Crippen molar-refractivity contribution >= 4 is 27.8 Å². The van der Waals surface area contributed by atoms with E-state index in [1.807, 2.05) is 0 Å². The second-order valence-corrected chi connectivity index (χ2v) is 5.76. The first-order chi connectivity index (χ1) is 10.5. The number of benzene rings is 1. The molecule has 9 heteroatoms. The van der Waals surface area contributed by atoms with Gasteiger partial charge in [-0.1, -0.05) is 34.6 Å². The molecule has 0 aliphatic heterocycles. The summed E-state index contributed by atoms with van der Waals surface area (Å²) in [5.41, 5.74) is -1.01. The monoisotopic (exact) mass is 395 g/mol. The Morgan fingerprint density at radius 2 is 1.78 bits per heavy atom. The van der Waals surface area contributed by atoms with Crippen molar-refractivity contribution in [1.29, 1.82) is 0 Å². The predicted molar refractivity (Wildman–Crippen MR) is 78.7 cm³/mol. The zero-order valence-electron chi connectivity index (χ0n) is 11.6. The summed E-state index contributed by atoms with van der Waals surface area (Å²) in [5, 5.41) is 20.9. The highest BCUT2D eigenvalue weighted by Gasteiger charge is 2.31. The number of amides is 1. The van der Waals surface area contributed by atoms with E-state index in [0.717, 1.165) is 24.3 Å². The average Bonchev–Trinajstić information content (AvgIpc) is 2.44. The Labute approximate surface area is 137 Å². The van der Waals surface area contributed by atoms with E-state index in [0.29, 0.717) is 4.48 Å². The van der Waals surface area contributed by atoms with Gasteiger partial charge in [-0.05, 0) is 22.2 Å². The zero-order chi connectivity index (χ0) is 17.8. The van der Waals surface area contributed by atoms with Gasteiger partial charge in [0.25, 0.3) is 5.91 Å². The van der Waals surface area contributed by atoms with Gasteiger partial charge < -0.3 is 15.5 Å². The van der Waals surface area contributed by atoms with Gasteiger partial charge in [-0.2, -0.15) is 13.2 Å². The third-order valence-corrected chi connectivity index (χ3v) is 3.17. The van der Waals surface area contributed by atoms with E-state index in [2.05, 4.69) is 27.8 Å². The molecule has 3 N–H and O–H groups in total. The lowest BCUT2D eigenvalue weighted by Gasteiger charge is -2.17. The molecule has 23 heavy (non-hydrogen) atoms. The number of hydrogen-bond acceptors (Lipinski definition) is 3. The van der Waals surface area contributed by atoms with E-state index in [9.17, 15) is 27.9 Å². The standard InChI is InChI=1S/C14H13BrF3NO4/c1-7(15)6-10(13(22)23)19-12(21)11(20)8-2-4-9(5-3-8)14(16,17)18/h2-5,10-11,20H,1,6H2,(H,19,21)(H,22,23)/t10-,11-/m0/s1. The molecule has 1 amide bonds. The summed E-state index contributed by atoms with van der Waals surface area (Å²) in [6.07, 6.45) is -6.43. The maximum Gasteiger partial charge on any atom is 0.416 e. The van der Waals surface area contributed by atoms with Gasteiger partial charge in [0, 0.05) is 6.42 Å². The van der Waals surface area contributed by atoms with E-state index in [4.69, 9.17) is 5.11 Å². The molecule has 126 valence electrons. The van der Waals surface area contributed by atoms with Crippen molar-refractivity contribution < 1.29 is 33.0 Å². The van der Waals surface area contributed by atoms with Crippen LogP contribution in [0.25, 0.3) is 0 Å². The normalized spacial score (nSPS) is 14.0. The maximum atomic E-state index is 12.4. The molecule has 0 saturated heterocycles. The highest BCUT2D eigenvalue weighted by Crippen LogP contribution is 2.30. The number of carbonyl (C=O) groups is 2. The molecule has 1 rings (SSSR count). The minimum Gasteiger partial charge on any atom is -0.480 e. The van der Waals surface area contributed by atoms with E-state index >= 15 is 0 Å². The van der Waals surface area contributed by atoms with Gasteiger partial charge in [0.1, 0.15) is 6.04 Å². The number of rotatable bonds is 6. The topological polar surface area (TPSA) is 86.6 Å². The lowest BCUT2D eigenvalue weighted by molar-refractivity contribution is -0.143. The Kier molecular flexibility index (Phi) is 6.34. The highest BCUT2D eigenvalue weighted by molar-refractivity contribution is 9.11. The van der Waals surface area contributed by atoms with Gasteiger partial charge >= 0.3 is 12.1 Å². The molecule has 5 nitrogen and oxygen atoms in total. The highest BCUT2D eigenvalue weighted by atomic mass is 79.9. The van der Waals surface area contributed by atoms with Gasteiger partial charge in [0.05, 0.1) is 5.56 Å². The van der Waals surface area contributed by atoms with Crippen LogP contribution in [0.1, 0.15) is 23.7 Å². The van der Waals surface area contributed by atoms with Gasteiger partial charge in [0.2, 0.25) is 0 Å². The summed E-state index contributed by atoms with van der Waals surface area (Å²) in [5.74, 6) is -2.37. The fraction of sp³-hybridized carbons (Fsp3) is 0.286. The Morgan fingerprint density at radius 3 is 2.17 bits per heavy atom. The maximum absolute atomic E-state index is 12.4. The molecular formula is C14H13BrF3NO4. The van der Waals surface area contributed by atoms with Crippen LogP contribution in [0, 0.1) is 0 Å². The van der Waals surface area contributed by atoms with Crippen molar-refractivity contribution in [3.63, 3.8) is 0 Å². The van der Waals surface area contributed by atoms with Crippen LogP contribution in [-0.2, 0) is 15.8 Å². The first-order valence-corrected chi connectivity index (χ1v) is 7.03. The van der Waals surface area contributed by atoms with Crippen LogP contribution in [0.5, 0.6) is 0 Å². The molecule has 0 radical (unpaired) electrons. The molecule has 0 fully saturated rings. The third kappa shape index (κ3) is 5.68. The van der Waals surface area contributed by atoms with Crippen LogP contribution < -0.4 is 5.32 Å². The Morgan fingerprint density at radius 1 is 1.26 bits per heavy atom. The van der Waals surface area contributed by atoms with Crippen molar-refractivity contribution in [2.45, 2.75) is 24.7 Å². The number of hydrogen-bond donors (Lipinski definition) is 3. The Hall–Kier alpha value is -1.87.